The van der Waals surface area contributed by atoms with Crippen LogP contribution in [0.4, 0.5) is 0 Å². The quantitative estimate of drug-likeness (QED) is 0.475. The molecule has 0 atom stereocenters. The highest BCUT2D eigenvalue weighted by Crippen LogP contribution is 2.19. The first-order valence-corrected chi connectivity index (χ1v) is 8.81. The number of nitrogens with zero attached hydrogens (tertiary/aromatic N) is 1. The van der Waals surface area contributed by atoms with Crippen molar-refractivity contribution in [1.29, 1.82) is 0 Å². The fourth-order valence-electron chi connectivity index (χ4n) is 3.03. The zero-order valence-corrected chi connectivity index (χ0v) is 14.1. The molecule has 0 aliphatic rings. The molecule has 3 heteroatoms. The number of nitrogens with two attached hydrogens (primary N) is 1. The van der Waals surface area contributed by atoms with Gasteiger partial charge in [-0.25, -0.2) is 0 Å². The topological polar surface area (TPSA) is 45.7 Å². The van der Waals surface area contributed by atoms with Crippen LogP contribution in [-0.4, -0.2) is 11.5 Å². The molecule has 2 heterocycles. The summed E-state index contributed by atoms with van der Waals surface area (Å²) >= 11 is 0. The van der Waals surface area contributed by atoms with Crippen LogP contribution in [0.25, 0.3) is 23.1 Å². The maximum atomic E-state index is 5.55. The number of pyridine rings is 1. The summed E-state index contributed by atoms with van der Waals surface area (Å²) in [6.45, 7) is 1.86. The Balaban J connectivity index is 1.70. The van der Waals surface area contributed by atoms with Gasteiger partial charge in [-0.05, 0) is 43.2 Å². The van der Waals surface area contributed by atoms with Gasteiger partial charge in [0.2, 0.25) is 5.69 Å². The molecule has 24 heavy (non-hydrogen) atoms. The number of benzene rings is 1. The lowest BCUT2D eigenvalue weighted by Crippen LogP contribution is -2.36. The van der Waals surface area contributed by atoms with Crippen LogP contribution in [0.2, 0.25) is 0 Å². The van der Waals surface area contributed by atoms with Gasteiger partial charge in [0.05, 0.1) is 0 Å². The van der Waals surface area contributed by atoms with Gasteiger partial charge in [-0.3, -0.25) is 0 Å². The zero-order valence-electron chi connectivity index (χ0n) is 14.1. The van der Waals surface area contributed by atoms with Crippen molar-refractivity contribution >= 4 is 23.1 Å². The lowest BCUT2D eigenvalue weighted by molar-refractivity contribution is -0.699. The summed E-state index contributed by atoms with van der Waals surface area (Å²) < 4.78 is 2.33. The second-order valence-electron chi connectivity index (χ2n) is 6.14. The van der Waals surface area contributed by atoms with Gasteiger partial charge in [-0.15, -0.1) is 0 Å². The molecule has 0 saturated heterocycles. The third-order valence-electron chi connectivity index (χ3n) is 4.38. The Hall–Kier alpha value is -2.39. The Morgan fingerprint density at radius 1 is 0.917 bits per heavy atom. The number of hydrogen-bond donors (Lipinski definition) is 2. The fourth-order valence-corrected chi connectivity index (χ4v) is 3.03. The van der Waals surface area contributed by atoms with Crippen molar-refractivity contribution < 1.29 is 4.57 Å². The van der Waals surface area contributed by atoms with E-state index < -0.39 is 0 Å². The predicted molar refractivity (Wildman–Crippen MR) is 101 cm³/mol. The van der Waals surface area contributed by atoms with E-state index in [0.717, 1.165) is 19.5 Å². The molecule has 124 valence electrons. The highest BCUT2D eigenvalue weighted by atomic mass is 14.9. The van der Waals surface area contributed by atoms with Crippen LogP contribution in [0.1, 0.15) is 36.9 Å². The molecule has 0 unspecified atom stereocenters. The van der Waals surface area contributed by atoms with E-state index in [2.05, 4.69) is 76.6 Å². The molecule has 0 aliphatic heterocycles. The molecule has 0 saturated carbocycles. The number of hydrogen-bond acceptors (Lipinski definition) is 1. The van der Waals surface area contributed by atoms with Crippen molar-refractivity contribution in [3.8, 4) is 0 Å². The fraction of sp³-hybridized carbons (Fsp3) is 0.286. The Bertz CT molecular complexity index is 801. The van der Waals surface area contributed by atoms with E-state index in [0.29, 0.717) is 0 Å². The summed E-state index contributed by atoms with van der Waals surface area (Å²) in [6, 6.07) is 14.8. The molecule has 0 aliphatic carbocycles. The second-order valence-corrected chi connectivity index (χ2v) is 6.14. The van der Waals surface area contributed by atoms with E-state index in [9.17, 15) is 0 Å². The number of para-hydroxylation sites is 1. The Labute approximate surface area is 143 Å². The number of aryl methyl sites for hydroxylation is 1. The summed E-state index contributed by atoms with van der Waals surface area (Å²) in [5.41, 5.74) is 9.20. The van der Waals surface area contributed by atoms with Gasteiger partial charge in [0.15, 0.2) is 6.20 Å². The van der Waals surface area contributed by atoms with Gasteiger partial charge < -0.3 is 10.7 Å². The van der Waals surface area contributed by atoms with Gasteiger partial charge >= 0.3 is 0 Å². The molecule has 3 nitrogen and oxygen atoms in total. The first-order chi connectivity index (χ1) is 11.9. The molecule has 2 aromatic heterocycles. The van der Waals surface area contributed by atoms with Crippen LogP contribution >= 0.6 is 0 Å². The molecule has 3 aromatic rings. The number of H-pyrrole nitrogens is 1. The lowest BCUT2D eigenvalue weighted by atomic mass is 10.1. The minimum absolute atomic E-state index is 0.803. The molecular weight excluding hydrogens is 294 g/mol. The van der Waals surface area contributed by atoms with Crippen LogP contribution in [0.5, 0.6) is 0 Å². The van der Waals surface area contributed by atoms with E-state index in [1.165, 1.54) is 41.4 Å². The maximum absolute atomic E-state index is 5.55. The molecule has 0 spiro atoms. The Morgan fingerprint density at radius 3 is 2.67 bits per heavy atom. The summed E-state index contributed by atoms with van der Waals surface area (Å²) in [5, 5.41) is 1.26. The van der Waals surface area contributed by atoms with E-state index in [-0.39, 0.29) is 0 Å². The van der Waals surface area contributed by atoms with E-state index in [1.807, 2.05) is 0 Å². The van der Waals surface area contributed by atoms with Crippen LogP contribution in [0.15, 0.2) is 54.9 Å². The molecule has 3 N–H and O–H groups in total. The third kappa shape index (κ3) is 4.12. The van der Waals surface area contributed by atoms with Crippen LogP contribution in [-0.2, 0) is 6.54 Å². The van der Waals surface area contributed by atoms with Gasteiger partial charge in [0.25, 0.3) is 0 Å². The number of aromatic nitrogens is 2. The van der Waals surface area contributed by atoms with Crippen LogP contribution in [0.3, 0.4) is 0 Å². The van der Waals surface area contributed by atoms with Crippen molar-refractivity contribution in [1.82, 2.24) is 4.98 Å². The number of aromatic amines is 1. The largest absolute Gasteiger partial charge is 0.361 e. The average molecular weight is 320 g/mol. The Kier molecular flexibility index (Phi) is 5.80. The van der Waals surface area contributed by atoms with Crippen molar-refractivity contribution in [2.75, 3.05) is 6.54 Å². The number of nitrogens with one attached hydrogen (secondary N) is 1. The smallest absolute Gasteiger partial charge is 0.205 e. The van der Waals surface area contributed by atoms with E-state index in [4.69, 9.17) is 5.73 Å². The highest BCUT2D eigenvalue weighted by molar-refractivity contribution is 5.91. The van der Waals surface area contributed by atoms with Crippen molar-refractivity contribution in [3.05, 3.63) is 66.1 Å². The second kappa shape index (κ2) is 8.46. The molecule has 0 amide bonds. The normalized spacial score (nSPS) is 11.5. The first-order valence-electron chi connectivity index (χ1n) is 8.81. The van der Waals surface area contributed by atoms with Crippen LogP contribution in [0, 0.1) is 0 Å². The predicted octanol–water partition coefficient (Wildman–Crippen LogP) is 4.14. The molecule has 0 radical (unpaired) electrons. The van der Waals surface area contributed by atoms with Crippen molar-refractivity contribution in [2.24, 2.45) is 5.73 Å². The van der Waals surface area contributed by atoms with Gasteiger partial charge in [-0.1, -0.05) is 24.6 Å². The molecule has 0 bridgehead atoms. The number of rotatable bonds is 8. The van der Waals surface area contributed by atoms with Gasteiger partial charge in [0, 0.05) is 41.7 Å². The Morgan fingerprint density at radius 2 is 1.75 bits per heavy atom. The summed E-state index contributed by atoms with van der Waals surface area (Å²) in [6.07, 6.45) is 13.4. The van der Waals surface area contributed by atoms with Gasteiger partial charge in [0.1, 0.15) is 6.54 Å². The molecule has 0 fully saturated rings. The molecule has 1 aromatic carbocycles. The molecule has 3 rings (SSSR count). The standard InChI is InChI=1S/C21H25N3/c22-14-6-1-2-7-15-24-16-8-5-9-19(24)13-12-18-17-23-21-11-4-3-10-20(18)21/h3-5,8-13,16-17H,1-2,6-7,14-15,22H2/p+1. The average Bonchev–Trinajstić information content (AvgIpc) is 3.04. The minimum atomic E-state index is 0.803. The maximum Gasteiger partial charge on any atom is 0.205 e. The SMILES string of the molecule is NCCCCCC[n+]1ccccc1/C=C/c1c[nH]c2ccccc12. The third-order valence-corrected chi connectivity index (χ3v) is 4.38. The number of unbranched alkanes of at least 4 members (excludes halogenated alkanes) is 3. The van der Waals surface area contributed by atoms with E-state index >= 15 is 0 Å². The number of fused-ring (bicyclic) bond motifs is 1. The molecular formula is C21H26N3+. The van der Waals surface area contributed by atoms with E-state index in [1.54, 1.807) is 0 Å². The summed E-state index contributed by atoms with van der Waals surface area (Å²) in [4.78, 5) is 3.32. The van der Waals surface area contributed by atoms with Crippen LogP contribution < -0.4 is 10.3 Å². The summed E-state index contributed by atoms with van der Waals surface area (Å²) in [5.74, 6) is 0. The minimum Gasteiger partial charge on any atom is -0.361 e. The highest BCUT2D eigenvalue weighted by Gasteiger charge is 2.06. The van der Waals surface area contributed by atoms with Crippen molar-refractivity contribution in [2.45, 2.75) is 32.2 Å². The van der Waals surface area contributed by atoms with Crippen molar-refractivity contribution in [3.63, 3.8) is 0 Å². The lowest BCUT2D eigenvalue weighted by Gasteiger charge is -2.01. The monoisotopic (exact) mass is 320 g/mol. The van der Waals surface area contributed by atoms with Gasteiger partial charge in [-0.2, -0.15) is 4.57 Å². The summed E-state index contributed by atoms with van der Waals surface area (Å²) in [7, 11) is 0. The first kappa shape index (κ1) is 16.5. The zero-order chi connectivity index (χ0) is 16.6.